The number of carbonyl (C=O) groups is 1. The average Bonchev–Trinajstić information content (AvgIpc) is 2.40. The van der Waals surface area contributed by atoms with Crippen molar-refractivity contribution in [3.63, 3.8) is 0 Å². The first-order chi connectivity index (χ1) is 10.4. The molecule has 0 amide bonds. The highest BCUT2D eigenvalue weighted by Gasteiger charge is 2.77. The Kier molecular flexibility index (Phi) is 7.32. The molecule has 0 rings (SSSR count). The van der Waals surface area contributed by atoms with Gasteiger partial charge in [0, 0.05) is 14.2 Å². The standard InChI is InChI=1S/C8H7Cl3F7O5P/c1-21-24(20,22-2)4(6(9,10)11)23-3(19)5(12,13)7(14,15)8(16,17)18/h4H,1-2H3. The molecular formula is C8H7Cl3F7O5P. The first kappa shape index (κ1) is 24.0. The molecule has 0 bridgehead atoms. The molecule has 0 radical (unpaired) electrons. The number of alkyl halides is 10. The van der Waals surface area contributed by atoms with E-state index in [1.165, 1.54) is 0 Å². The van der Waals surface area contributed by atoms with Crippen molar-refractivity contribution in [1.29, 1.82) is 0 Å². The van der Waals surface area contributed by atoms with Crippen molar-refractivity contribution in [2.24, 2.45) is 0 Å². The van der Waals surface area contributed by atoms with Crippen molar-refractivity contribution in [2.75, 3.05) is 14.2 Å². The van der Waals surface area contributed by atoms with Crippen LogP contribution in [-0.4, -0.2) is 47.8 Å². The summed E-state index contributed by atoms with van der Waals surface area (Å²) in [4.78, 5) is 11.1. The fourth-order valence-corrected chi connectivity index (χ4v) is 3.38. The molecule has 0 spiro atoms. The second-order valence-electron chi connectivity index (χ2n) is 3.85. The number of rotatable bonds is 6. The van der Waals surface area contributed by atoms with Crippen molar-refractivity contribution < 1.29 is 53.9 Å². The van der Waals surface area contributed by atoms with E-state index < -0.39 is 41.2 Å². The van der Waals surface area contributed by atoms with Crippen molar-refractivity contribution in [1.82, 2.24) is 0 Å². The molecule has 0 aromatic rings. The minimum atomic E-state index is -6.82. The van der Waals surface area contributed by atoms with Crippen LogP contribution in [0.2, 0.25) is 0 Å². The number of carbonyl (C=O) groups excluding carboxylic acids is 1. The van der Waals surface area contributed by atoms with E-state index in [4.69, 9.17) is 34.8 Å². The molecular weight excluding hydrogens is 446 g/mol. The van der Waals surface area contributed by atoms with Gasteiger partial charge in [0.25, 0.3) is 0 Å². The SMILES string of the molecule is COP(=O)(OC)C(OC(=O)C(F)(F)C(F)(F)C(F)(F)F)C(Cl)(Cl)Cl. The van der Waals surface area contributed by atoms with Crippen molar-refractivity contribution in [2.45, 2.75) is 27.7 Å². The zero-order valence-electron chi connectivity index (χ0n) is 11.3. The predicted molar refractivity (Wildman–Crippen MR) is 67.7 cm³/mol. The quantitative estimate of drug-likeness (QED) is 0.256. The third kappa shape index (κ3) is 4.59. The second kappa shape index (κ2) is 7.32. The summed E-state index contributed by atoms with van der Waals surface area (Å²) < 4.78 is 109. The van der Waals surface area contributed by atoms with Gasteiger partial charge in [-0.25, -0.2) is 4.79 Å². The molecule has 1 unspecified atom stereocenters. The summed E-state index contributed by atoms with van der Waals surface area (Å²) in [6.07, 6.45) is -6.81. The third-order valence-corrected chi connectivity index (χ3v) is 5.44. The largest absolute Gasteiger partial charge is 0.460 e. The van der Waals surface area contributed by atoms with Gasteiger partial charge in [0.2, 0.25) is 9.64 Å². The lowest BCUT2D eigenvalue weighted by Gasteiger charge is -2.32. The van der Waals surface area contributed by atoms with Gasteiger partial charge >= 0.3 is 31.6 Å². The predicted octanol–water partition coefficient (Wildman–Crippen LogP) is 4.54. The fraction of sp³-hybridized carbons (Fsp3) is 0.875. The van der Waals surface area contributed by atoms with Crippen LogP contribution in [0.4, 0.5) is 30.7 Å². The molecule has 144 valence electrons. The highest BCUT2D eigenvalue weighted by Crippen LogP contribution is 2.60. The smallest absolute Gasteiger partial charge is 0.440 e. The number of esters is 1. The Labute approximate surface area is 144 Å². The van der Waals surface area contributed by atoms with Gasteiger partial charge in [-0.3, -0.25) is 4.57 Å². The Morgan fingerprint density at radius 3 is 1.58 bits per heavy atom. The summed E-state index contributed by atoms with van der Waals surface area (Å²) >= 11 is 15.6. The molecule has 0 aliphatic rings. The van der Waals surface area contributed by atoms with Crippen LogP contribution in [0.25, 0.3) is 0 Å². The maximum absolute atomic E-state index is 13.2. The van der Waals surface area contributed by atoms with Crippen molar-refractivity contribution in [3.8, 4) is 0 Å². The minimum absolute atomic E-state index is 0.615. The fourth-order valence-electron chi connectivity index (χ4n) is 1.06. The zero-order chi connectivity index (χ0) is 19.8. The van der Waals surface area contributed by atoms with Crippen LogP contribution in [0.3, 0.4) is 0 Å². The Balaban J connectivity index is 5.85. The van der Waals surface area contributed by atoms with Crippen LogP contribution in [-0.2, 0) is 23.1 Å². The maximum Gasteiger partial charge on any atom is 0.460 e. The van der Waals surface area contributed by atoms with E-state index in [2.05, 4.69) is 13.8 Å². The van der Waals surface area contributed by atoms with Crippen molar-refractivity contribution in [3.05, 3.63) is 0 Å². The highest BCUT2D eigenvalue weighted by molar-refractivity contribution is 7.55. The van der Waals surface area contributed by atoms with E-state index >= 15 is 0 Å². The van der Waals surface area contributed by atoms with Crippen LogP contribution < -0.4 is 0 Å². The van der Waals surface area contributed by atoms with Crippen LogP contribution in [0.5, 0.6) is 0 Å². The van der Waals surface area contributed by atoms with Gasteiger partial charge in [0.05, 0.1) is 0 Å². The van der Waals surface area contributed by atoms with Crippen LogP contribution in [0.1, 0.15) is 0 Å². The highest BCUT2D eigenvalue weighted by atomic mass is 35.6. The molecule has 24 heavy (non-hydrogen) atoms. The molecule has 0 saturated heterocycles. The Morgan fingerprint density at radius 1 is 0.958 bits per heavy atom. The van der Waals surface area contributed by atoms with Gasteiger partial charge in [-0.05, 0) is 0 Å². The van der Waals surface area contributed by atoms with E-state index in [-0.39, 0.29) is 0 Å². The van der Waals surface area contributed by atoms with Gasteiger partial charge in [0.15, 0.2) is 0 Å². The topological polar surface area (TPSA) is 61.8 Å². The van der Waals surface area contributed by atoms with Gasteiger partial charge in [-0.1, -0.05) is 34.8 Å². The Bertz CT molecular complexity index is 513. The first-order valence-corrected chi connectivity index (χ1v) is 7.94. The minimum Gasteiger partial charge on any atom is -0.440 e. The summed E-state index contributed by atoms with van der Waals surface area (Å²) in [6, 6.07) is 0. The lowest BCUT2D eigenvalue weighted by Crippen LogP contribution is -2.57. The molecule has 0 saturated carbocycles. The molecule has 0 fully saturated rings. The second-order valence-corrected chi connectivity index (χ2v) is 8.50. The normalized spacial score (nSPS) is 16.0. The van der Waals surface area contributed by atoms with Gasteiger partial charge in [-0.2, -0.15) is 30.7 Å². The van der Waals surface area contributed by atoms with Gasteiger partial charge in [0.1, 0.15) is 0 Å². The van der Waals surface area contributed by atoms with Gasteiger partial charge < -0.3 is 13.8 Å². The van der Waals surface area contributed by atoms with E-state index in [9.17, 15) is 40.1 Å². The molecule has 16 heteroatoms. The number of ether oxygens (including phenoxy) is 1. The zero-order valence-corrected chi connectivity index (χ0v) is 14.5. The first-order valence-electron chi connectivity index (χ1n) is 5.19. The van der Waals surface area contributed by atoms with E-state index in [1.807, 2.05) is 0 Å². The number of halogens is 10. The molecule has 0 aromatic heterocycles. The Morgan fingerprint density at radius 2 is 1.33 bits per heavy atom. The Hall–Kier alpha value is -0.000000000000000333. The molecule has 1 atom stereocenters. The average molecular weight is 453 g/mol. The van der Waals surface area contributed by atoms with E-state index in [1.54, 1.807) is 0 Å². The van der Waals surface area contributed by atoms with E-state index in [0.29, 0.717) is 14.2 Å². The van der Waals surface area contributed by atoms with Crippen molar-refractivity contribution >= 4 is 48.4 Å². The summed E-state index contributed by atoms with van der Waals surface area (Å²) in [6.45, 7) is 0. The third-order valence-electron chi connectivity index (χ3n) is 2.30. The molecule has 0 aromatic carbocycles. The monoisotopic (exact) mass is 452 g/mol. The van der Waals surface area contributed by atoms with Crippen LogP contribution >= 0.6 is 42.4 Å². The molecule has 0 aliphatic carbocycles. The number of hydrogen-bond donors (Lipinski definition) is 0. The molecule has 5 nitrogen and oxygen atoms in total. The number of hydrogen-bond acceptors (Lipinski definition) is 5. The van der Waals surface area contributed by atoms with Crippen LogP contribution in [0, 0.1) is 0 Å². The van der Waals surface area contributed by atoms with Gasteiger partial charge in [-0.15, -0.1) is 0 Å². The summed E-state index contributed by atoms with van der Waals surface area (Å²) in [5.74, 6) is -19.6. The lowest BCUT2D eigenvalue weighted by molar-refractivity contribution is -0.348. The summed E-state index contributed by atoms with van der Waals surface area (Å²) in [7, 11) is -3.60. The molecule has 0 N–H and O–H groups in total. The summed E-state index contributed by atoms with van der Waals surface area (Å²) in [5, 5.41) is 0. The summed E-state index contributed by atoms with van der Waals surface area (Å²) in [5.41, 5.74) is 0. The molecule has 0 aliphatic heterocycles. The van der Waals surface area contributed by atoms with Crippen LogP contribution in [0.15, 0.2) is 0 Å². The maximum atomic E-state index is 13.2. The lowest BCUT2D eigenvalue weighted by atomic mass is 10.1. The molecule has 0 heterocycles. The van der Waals surface area contributed by atoms with E-state index in [0.717, 1.165) is 0 Å².